The van der Waals surface area contributed by atoms with Gasteiger partial charge < -0.3 is 5.11 Å². The number of aliphatic carboxylic acids is 1. The minimum atomic E-state index is -1.06. The molecule has 0 bridgehead atoms. The van der Waals surface area contributed by atoms with E-state index in [1.54, 1.807) is 0 Å². The first-order chi connectivity index (χ1) is 7.11. The van der Waals surface area contributed by atoms with Gasteiger partial charge >= 0.3 is 5.97 Å². The summed E-state index contributed by atoms with van der Waals surface area (Å²) in [6, 6.07) is 7.67. The summed E-state index contributed by atoms with van der Waals surface area (Å²) >= 11 is 0. The highest BCUT2D eigenvalue weighted by atomic mass is 16.4. The highest BCUT2D eigenvalue weighted by molar-refractivity contribution is 5.95. The van der Waals surface area contributed by atoms with E-state index in [9.17, 15) is 9.59 Å². The van der Waals surface area contributed by atoms with Crippen LogP contribution < -0.4 is 0 Å². The molecule has 0 fully saturated rings. The van der Waals surface area contributed by atoms with Gasteiger partial charge in [0.15, 0.2) is 0 Å². The molecule has 3 heteroatoms. The number of benzene rings is 1. The van der Waals surface area contributed by atoms with Crippen LogP contribution in [0.4, 0.5) is 0 Å². The smallest absolute Gasteiger partial charge is 0.310 e. The Morgan fingerprint density at radius 2 is 1.67 bits per heavy atom. The summed E-state index contributed by atoms with van der Waals surface area (Å²) in [6.07, 6.45) is 0.773. The standard InChI is InChI=1S/C12H14O3/c1-2-9-3-5-10(6-4-9)7-11(13)8-12(14)15/h3-6H,2,7-8H2,1H3,(H,14,15). The Kier molecular flexibility index (Phi) is 4.03. The molecule has 1 aromatic carbocycles. The van der Waals surface area contributed by atoms with Crippen molar-refractivity contribution >= 4 is 11.8 Å². The van der Waals surface area contributed by atoms with Crippen LogP contribution >= 0.6 is 0 Å². The topological polar surface area (TPSA) is 54.4 Å². The van der Waals surface area contributed by atoms with Crippen LogP contribution in [0.25, 0.3) is 0 Å². The van der Waals surface area contributed by atoms with Crippen LogP contribution in [0.15, 0.2) is 24.3 Å². The van der Waals surface area contributed by atoms with Crippen LogP contribution in [-0.4, -0.2) is 16.9 Å². The summed E-state index contributed by atoms with van der Waals surface area (Å²) in [5.41, 5.74) is 2.09. The molecule has 1 N–H and O–H groups in total. The molecule has 0 atom stereocenters. The molecule has 0 spiro atoms. The van der Waals surface area contributed by atoms with Crippen molar-refractivity contribution in [3.8, 4) is 0 Å². The Morgan fingerprint density at radius 1 is 1.13 bits per heavy atom. The van der Waals surface area contributed by atoms with E-state index in [4.69, 9.17) is 5.11 Å². The van der Waals surface area contributed by atoms with E-state index in [1.807, 2.05) is 24.3 Å². The minimum absolute atomic E-state index is 0.205. The number of carboxylic acids is 1. The number of hydrogen-bond donors (Lipinski definition) is 1. The number of Topliss-reactive ketones (excluding diaryl/α,β-unsaturated/α-hetero) is 1. The molecule has 3 nitrogen and oxygen atoms in total. The Morgan fingerprint density at radius 3 is 2.13 bits per heavy atom. The van der Waals surface area contributed by atoms with E-state index in [0.29, 0.717) is 0 Å². The molecule has 80 valence electrons. The third kappa shape index (κ3) is 3.94. The van der Waals surface area contributed by atoms with E-state index in [2.05, 4.69) is 6.92 Å². The Bertz CT molecular complexity index is 352. The van der Waals surface area contributed by atoms with E-state index in [0.717, 1.165) is 12.0 Å². The lowest BCUT2D eigenvalue weighted by Crippen LogP contribution is -2.09. The molecule has 0 heterocycles. The van der Waals surface area contributed by atoms with Gasteiger partial charge in [0.1, 0.15) is 12.2 Å². The number of aryl methyl sites for hydroxylation is 1. The molecule has 15 heavy (non-hydrogen) atoms. The Balaban J connectivity index is 2.57. The fourth-order valence-corrected chi connectivity index (χ4v) is 1.35. The second kappa shape index (κ2) is 5.29. The largest absolute Gasteiger partial charge is 0.481 e. The van der Waals surface area contributed by atoms with Gasteiger partial charge in [-0.1, -0.05) is 31.2 Å². The molecule has 0 amide bonds. The van der Waals surface area contributed by atoms with E-state index in [1.165, 1.54) is 5.56 Å². The average molecular weight is 206 g/mol. The lowest BCUT2D eigenvalue weighted by molar-refractivity contribution is -0.140. The number of carbonyl (C=O) groups excluding carboxylic acids is 1. The van der Waals surface area contributed by atoms with Crippen LogP contribution in [0.1, 0.15) is 24.5 Å². The summed E-state index contributed by atoms with van der Waals surface area (Å²) in [4.78, 5) is 21.5. The van der Waals surface area contributed by atoms with Crippen molar-refractivity contribution in [3.63, 3.8) is 0 Å². The molecular weight excluding hydrogens is 192 g/mol. The van der Waals surface area contributed by atoms with Gasteiger partial charge in [-0.3, -0.25) is 9.59 Å². The number of rotatable bonds is 5. The maximum atomic E-state index is 11.2. The third-order valence-electron chi connectivity index (χ3n) is 2.18. The molecule has 1 aromatic rings. The van der Waals surface area contributed by atoms with Gasteiger partial charge in [0.2, 0.25) is 0 Å². The van der Waals surface area contributed by atoms with Crippen LogP contribution in [0.2, 0.25) is 0 Å². The highest BCUT2D eigenvalue weighted by Gasteiger charge is 2.08. The molecule has 0 saturated heterocycles. The van der Waals surface area contributed by atoms with Crippen molar-refractivity contribution in [2.24, 2.45) is 0 Å². The van der Waals surface area contributed by atoms with Crippen molar-refractivity contribution < 1.29 is 14.7 Å². The fraction of sp³-hybridized carbons (Fsp3) is 0.333. The first-order valence-corrected chi connectivity index (χ1v) is 4.93. The van der Waals surface area contributed by atoms with E-state index in [-0.39, 0.29) is 12.2 Å². The van der Waals surface area contributed by atoms with Gasteiger partial charge in [0.05, 0.1) is 0 Å². The normalized spacial score (nSPS) is 9.93. The third-order valence-corrected chi connectivity index (χ3v) is 2.18. The first-order valence-electron chi connectivity index (χ1n) is 4.93. The van der Waals surface area contributed by atoms with Crippen molar-refractivity contribution in [1.29, 1.82) is 0 Å². The lowest BCUT2D eigenvalue weighted by Gasteiger charge is -2.01. The lowest BCUT2D eigenvalue weighted by atomic mass is 10.0. The maximum Gasteiger partial charge on any atom is 0.310 e. The van der Waals surface area contributed by atoms with Gasteiger partial charge in [-0.05, 0) is 17.5 Å². The summed E-state index contributed by atoms with van der Waals surface area (Å²) < 4.78 is 0. The first kappa shape index (κ1) is 11.4. The van der Waals surface area contributed by atoms with Crippen LogP contribution in [0.5, 0.6) is 0 Å². The molecule has 0 aliphatic rings. The van der Waals surface area contributed by atoms with Gasteiger partial charge in [-0.15, -0.1) is 0 Å². The summed E-state index contributed by atoms with van der Waals surface area (Å²) in [5, 5.41) is 8.42. The van der Waals surface area contributed by atoms with Crippen molar-refractivity contribution in [1.82, 2.24) is 0 Å². The number of carboxylic acid groups (broad SMARTS) is 1. The molecule has 0 aromatic heterocycles. The van der Waals surface area contributed by atoms with Crippen molar-refractivity contribution in [2.75, 3.05) is 0 Å². The Hall–Kier alpha value is -1.64. The van der Waals surface area contributed by atoms with E-state index < -0.39 is 12.4 Å². The predicted octanol–water partition coefficient (Wildman–Crippen LogP) is 1.84. The molecule has 0 aliphatic carbocycles. The molecule has 0 unspecified atom stereocenters. The molecule has 0 radical (unpaired) electrons. The second-order valence-corrected chi connectivity index (χ2v) is 3.46. The summed E-state index contributed by atoms with van der Waals surface area (Å²) in [6.45, 7) is 2.06. The minimum Gasteiger partial charge on any atom is -0.481 e. The maximum absolute atomic E-state index is 11.2. The SMILES string of the molecule is CCc1ccc(CC(=O)CC(=O)O)cc1. The average Bonchev–Trinajstić information content (AvgIpc) is 2.17. The molecule has 0 aliphatic heterocycles. The zero-order chi connectivity index (χ0) is 11.3. The van der Waals surface area contributed by atoms with Gasteiger partial charge in [-0.25, -0.2) is 0 Å². The van der Waals surface area contributed by atoms with Crippen molar-refractivity contribution in [3.05, 3.63) is 35.4 Å². The number of carbonyl (C=O) groups is 2. The predicted molar refractivity (Wildman–Crippen MR) is 56.8 cm³/mol. The zero-order valence-electron chi connectivity index (χ0n) is 8.69. The van der Waals surface area contributed by atoms with E-state index >= 15 is 0 Å². The van der Waals surface area contributed by atoms with Crippen LogP contribution in [0.3, 0.4) is 0 Å². The summed E-state index contributed by atoms with van der Waals surface area (Å²) in [5.74, 6) is -1.32. The van der Waals surface area contributed by atoms with Gasteiger partial charge in [0.25, 0.3) is 0 Å². The van der Waals surface area contributed by atoms with Crippen molar-refractivity contribution in [2.45, 2.75) is 26.2 Å². The molecule has 0 saturated carbocycles. The van der Waals surface area contributed by atoms with Gasteiger partial charge in [-0.2, -0.15) is 0 Å². The summed E-state index contributed by atoms with van der Waals surface area (Å²) in [7, 11) is 0. The van der Waals surface area contributed by atoms with Crippen LogP contribution in [-0.2, 0) is 22.4 Å². The van der Waals surface area contributed by atoms with Crippen LogP contribution in [0, 0.1) is 0 Å². The monoisotopic (exact) mass is 206 g/mol. The second-order valence-electron chi connectivity index (χ2n) is 3.46. The molecular formula is C12H14O3. The number of hydrogen-bond acceptors (Lipinski definition) is 2. The Labute approximate surface area is 88.7 Å². The number of ketones is 1. The fourth-order valence-electron chi connectivity index (χ4n) is 1.35. The quantitative estimate of drug-likeness (QED) is 0.748. The highest BCUT2D eigenvalue weighted by Crippen LogP contribution is 2.06. The molecule has 1 rings (SSSR count). The van der Waals surface area contributed by atoms with Gasteiger partial charge in [0, 0.05) is 6.42 Å². The zero-order valence-corrected chi connectivity index (χ0v) is 8.69.